The Morgan fingerprint density at radius 3 is 2.44 bits per heavy atom. The maximum Gasteiger partial charge on any atom is 0.275 e. The van der Waals surface area contributed by atoms with Gasteiger partial charge in [0.05, 0.1) is 7.11 Å². The van der Waals surface area contributed by atoms with Gasteiger partial charge in [-0.2, -0.15) is 0 Å². The van der Waals surface area contributed by atoms with Crippen LogP contribution in [-0.4, -0.2) is 18.0 Å². The van der Waals surface area contributed by atoms with E-state index in [0.29, 0.717) is 18.0 Å². The summed E-state index contributed by atoms with van der Waals surface area (Å²) in [6, 6.07) is 15.0. The van der Waals surface area contributed by atoms with Crippen molar-refractivity contribution in [2.75, 3.05) is 12.4 Å². The monoisotopic (exact) mass is 354 g/mol. The zero-order valence-corrected chi connectivity index (χ0v) is 14.8. The molecule has 3 rings (SSSR count). The van der Waals surface area contributed by atoms with E-state index in [2.05, 4.69) is 10.3 Å². The molecule has 0 fully saturated rings. The number of nitrogens with one attached hydrogen (secondary N) is 1. The standard InChI is InChI=1S/C19H18N2O3S/c1-13-3-7-16(8-4-13)24-11-18-21-17(12-25-18)19(22)20-14-5-9-15(23-2)10-6-14/h3-10,12H,11H2,1-2H3,(H,20,22). The zero-order valence-electron chi connectivity index (χ0n) is 14.0. The molecule has 1 heterocycles. The Labute approximate surface area is 150 Å². The first kappa shape index (κ1) is 17.0. The molecule has 0 atom stereocenters. The van der Waals surface area contributed by atoms with Gasteiger partial charge in [-0.3, -0.25) is 4.79 Å². The van der Waals surface area contributed by atoms with Crippen molar-refractivity contribution in [3.05, 3.63) is 70.2 Å². The molecule has 0 unspecified atom stereocenters. The summed E-state index contributed by atoms with van der Waals surface area (Å²) in [5.74, 6) is 1.27. The molecule has 0 saturated heterocycles. The van der Waals surface area contributed by atoms with Crippen LogP contribution in [0.25, 0.3) is 0 Å². The van der Waals surface area contributed by atoms with Gasteiger partial charge in [-0.05, 0) is 43.3 Å². The largest absolute Gasteiger partial charge is 0.497 e. The second-order valence-electron chi connectivity index (χ2n) is 5.41. The van der Waals surface area contributed by atoms with Crippen molar-refractivity contribution in [1.29, 1.82) is 0 Å². The van der Waals surface area contributed by atoms with Crippen LogP contribution in [0, 0.1) is 6.92 Å². The minimum absolute atomic E-state index is 0.247. The lowest BCUT2D eigenvalue weighted by molar-refractivity contribution is 0.102. The van der Waals surface area contributed by atoms with E-state index < -0.39 is 0 Å². The third-order valence-corrected chi connectivity index (χ3v) is 4.34. The van der Waals surface area contributed by atoms with Crippen molar-refractivity contribution >= 4 is 22.9 Å². The van der Waals surface area contributed by atoms with Crippen molar-refractivity contribution in [1.82, 2.24) is 4.98 Å². The lowest BCUT2D eigenvalue weighted by Gasteiger charge is -2.05. The van der Waals surface area contributed by atoms with Crippen LogP contribution in [0.1, 0.15) is 21.1 Å². The third-order valence-electron chi connectivity index (χ3n) is 3.52. The van der Waals surface area contributed by atoms with Gasteiger partial charge in [-0.25, -0.2) is 4.98 Å². The van der Waals surface area contributed by atoms with Crippen LogP contribution in [0.2, 0.25) is 0 Å². The molecule has 5 nitrogen and oxygen atoms in total. The highest BCUT2D eigenvalue weighted by atomic mass is 32.1. The number of rotatable bonds is 6. The first-order valence-electron chi connectivity index (χ1n) is 7.73. The van der Waals surface area contributed by atoms with E-state index >= 15 is 0 Å². The number of carbonyl (C=O) groups excluding carboxylic acids is 1. The molecule has 0 aliphatic rings. The molecule has 128 valence electrons. The number of hydrogen-bond acceptors (Lipinski definition) is 5. The van der Waals surface area contributed by atoms with E-state index in [-0.39, 0.29) is 5.91 Å². The molecule has 1 amide bonds. The van der Waals surface area contributed by atoms with Gasteiger partial charge in [0.2, 0.25) is 0 Å². The molecule has 0 aliphatic carbocycles. The molecule has 0 saturated carbocycles. The number of aromatic nitrogens is 1. The first-order chi connectivity index (χ1) is 12.1. The number of nitrogens with zero attached hydrogens (tertiary/aromatic N) is 1. The lowest BCUT2D eigenvalue weighted by Crippen LogP contribution is -2.12. The average molecular weight is 354 g/mol. The number of hydrogen-bond donors (Lipinski definition) is 1. The van der Waals surface area contributed by atoms with Crippen LogP contribution in [0.15, 0.2) is 53.9 Å². The predicted molar refractivity (Wildman–Crippen MR) is 98.6 cm³/mol. The van der Waals surface area contributed by atoms with E-state index in [9.17, 15) is 4.79 Å². The molecule has 1 aromatic heterocycles. The number of aryl methyl sites for hydroxylation is 1. The van der Waals surface area contributed by atoms with E-state index in [1.54, 1.807) is 36.8 Å². The normalized spacial score (nSPS) is 10.3. The van der Waals surface area contributed by atoms with Crippen LogP contribution in [0.3, 0.4) is 0 Å². The SMILES string of the molecule is COc1ccc(NC(=O)c2csc(COc3ccc(C)cc3)n2)cc1. The number of benzene rings is 2. The average Bonchev–Trinajstić information content (AvgIpc) is 3.11. The fourth-order valence-electron chi connectivity index (χ4n) is 2.13. The predicted octanol–water partition coefficient (Wildman–Crippen LogP) is 4.29. The number of anilines is 1. The van der Waals surface area contributed by atoms with Gasteiger partial charge in [0.25, 0.3) is 5.91 Å². The molecule has 0 radical (unpaired) electrons. The van der Waals surface area contributed by atoms with Crippen LogP contribution in [0.4, 0.5) is 5.69 Å². The van der Waals surface area contributed by atoms with E-state index in [0.717, 1.165) is 16.5 Å². The van der Waals surface area contributed by atoms with Gasteiger partial charge in [0.15, 0.2) is 0 Å². The Kier molecular flexibility index (Phi) is 5.30. The number of methoxy groups -OCH3 is 1. The fourth-order valence-corrected chi connectivity index (χ4v) is 2.82. The Bertz CT molecular complexity index is 842. The Morgan fingerprint density at radius 1 is 1.08 bits per heavy atom. The fraction of sp³-hybridized carbons (Fsp3) is 0.158. The molecule has 0 aliphatic heterocycles. The molecule has 25 heavy (non-hydrogen) atoms. The number of thiazole rings is 1. The van der Waals surface area contributed by atoms with E-state index in [4.69, 9.17) is 9.47 Å². The van der Waals surface area contributed by atoms with Gasteiger partial charge in [-0.15, -0.1) is 11.3 Å². The quantitative estimate of drug-likeness (QED) is 0.717. The van der Waals surface area contributed by atoms with Gasteiger partial charge in [-0.1, -0.05) is 17.7 Å². The van der Waals surface area contributed by atoms with Crippen molar-refractivity contribution in [2.45, 2.75) is 13.5 Å². The summed E-state index contributed by atoms with van der Waals surface area (Å²) in [7, 11) is 1.60. The summed E-state index contributed by atoms with van der Waals surface area (Å²) >= 11 is 1.40. The topological polar surface area (TPSA) is 60.5 Å². The molecule has 3 aromatic rings. The highest BCUT2D eigenvalue weighted by molar-refractivity contribution is 7.09. The minimum atomic E-state index is -0.247. The second kappa shape index (κ2) is 7.81. The van der Waals surface area contributed by atoms with Gasteiger partial charge in [0, 0.05) is 11.1 Å². The van der Waals surface area contributed by atoms with Crippen LogP contribution in [-0.2, 0) is 6.61 Å². The van der Waals surface area contributed by atoms with Crippen LogP contribution >= 0.6 is 11.3 Å². The van der Waals surface area contributed by atoms with Crippen LogP contribution < -0.4 is 14.8 Å². The zero-order chi connectivity index (χ0) is 17.6. The number of amides is 1. The summed E-state index contributed by atoms with van der Waals surface area (Å²) in [5.41, 5.74) is 2.25. The van der Waals surface area contributed by atoms with E-state index in [1.165, 1.54) is 16.9 Å². The van der Waals surface area contributed by atoms with Crippen molar-refractivity contribution in [2.24, 2.45) is 0 Å². The van der Waals surface area contributed by atoms with Gasteiger partial charge in [0.1, 0.15) is 28.8 Å². The molecule has 6 heteroatoms. The smallest absolute Gasteiger partial charge is 0.275 e. The molecular weight excluding hydrogens is 336 g/mol. The van der Waals surface area contributed by atoms with E-state index in [1.807, 2.05) is 31.2 Å². The maximum absolute atomic E-state index is 12.3. The molecule has 0 spiro atoms. The van der Waals surface area contributed by atoms with Gasteiger partial charge < -0.3 is 14.8 Å². The van der Waals surface area contributed by atoms with Crippen molar-refractivity contribution in [3.63, 3.8) is 0 Å². The number of ether oxygens (including phenoxy) is 2. The molecular formula is C19H18N2O3S. The van der Waals surface area contributed by atoms with Crippen molar-refractivity contribution < 1.29 is 14.3 Å². The van der Waals surface area contributed by atoms with Crippen LogP contribution in [0.5, 0.6) is 11.5 Å². The number of carbonyl (C=O) groups is 1. The molecule has 0 bridgehead atoms. The van der Waals surface area contributed by atoms with Crippen molar-refractivity contribution in [3.8, 4) is 11.5 Å². The lowest BCUT2D eigenvalue weighted by atomic mass is 10.2. The third kappa shape index (κ3) is 4.58. The summed E-state index contributed by atoms with van der Waals surface area (Å²) in [5, 5.41) is 5.29. The Hall–Kier alpha value is -2.86. The summed E-state index contributed by atoms with van der Waals surface area (Å²) in [6.07, 6.45) is 0. The molecule has 1 N–H and O–H groups in total. The Balaban J connectivity index is 1.58. The summed E-state index contributed by atoms with van der Waals surface area (Å²) in [4.78, 5) is 16.6. The minimum Gasteiger partial charge on any atom is -0.497 e. The second-order valence-corrected chi connectivity index (χ2v) is 6.35. The Morgan fingerprint density at radius 2 is 1.76 bits per heavy atom. The summed E-state index contributed by atoms with van der Waals surface area (Å²) < 4.78 is 10.8. The highest BCUT2D eigenvalue weighted by Crippen LogP contribution is 2.18. The maximum atomic E-state index is 12.3. The first-order valence-corrected chi connectivity index (χ1v) is 8.61. The highest BCUT2D eigenvalue weighted by Gasteiger charge is 2.11. The van der Waals surface area contributed by atoms with Gasteiger partial charge >= 0.3 is 0 Å². The molecule has 2 aromatic carbocycles. The summed E-state index contributed by atoms with van der Waals surface area (Å²) in [6.45, 7) is 2.36.